The number of rotatable bonds is 9. The molecule has 5 unspecified atom stereocenters. The van der Waals surface area contributed by atoms with Gasteiger partial charge in [0.1, 0.15) is 22.7 Å². The number of fused-ring (bicyclic) bond motifs is 1. The standard InChI is InChI=1S/C33H36F4N2O2S2/c1-5-20-16-22(14-19(4)31(20)43-32-38-29-25(34)12-17(2)13-27(29)42-32)18(3)15-24-28(39-41-30(24)21-10-11-21)23-8-6-7-9-26(23)40-33(35,36)37/h6-9,12-13,18-22,31H,5,10-11,14-16H2,1-4H3. The van der Waals surface area contributed by atoms with E-state index < -0.39 is 6.36 Å². The van der Waals surface area contributed by atoms with Crippen LogP contribution in [-0.4, -0.2) is 21.8 Å². The maximum atomic E-state index is 14.5. The molecular weight excluding hydrogens is 597 g/mol. The Morgan fingerprint density at radius 3 is 2.65 bits per heavy atom. The van der Waals surface area contributed by atoms with Gasteiger partial charge >= 0.3 is 6.36 Å². The number of nitrogens with zero attached hydrogens (tertiary/aromatic N) is 2. The summed E-state index contributed by atoms with van der Waals surface area (Å²) in [6.07, 6.45) is 1.04. The first-order chi connectivity index (χ1) is 20.5. The molecule has 0 N–H and O–H groups in total. The molecule has 43 heavy (non-hydrogen) atoms. The van der Waals surface area contributed by atoms with Crippen LogP contribution in [0.3, 0.4) is 0 Å². The molecule has 2 aliphatic carbocycles. The van der Waals surface area contributed by atoms with Crippen molar-refractivity contribution in [1.29, 1.82) is 0 Å². The van der Waals surface area contributed by atoms with Crippen molar-refractivity contribution in [3.63, 3.8) is 0 Å². The van der Waals surface area contributed by atoms with E-state index in [1.165, 1.54) is 18.2 Å². The number of hydrogen-bond donors (Lipinski definition) is 0. The van der Waals surface area contributed by atoms with E-state index in [-0.39, 0.29) is 23.4 Å². The Morgan fingerprint density at radius 2 is 1.93 bits per heavy atom. The predicted molar refractivity (Wildman–Crippen MR) is 163 cm³/mol. The zero-order chi connectivity index (χ0) is 30.5. The second-order valence-corrected chi connectivity index (χ2v) is 14.9. The van der Waals surface area contributed by atoms with Gasteiger partial charge in [-0.05, 0) is 92.5 Å². The molecule has 0 saturated heterocycles. The molecular formula is C33H36F4N2O2S2. The third-order valence-corrected chi connectivity index (χ3v) is 11.9. The fourth-order valence-corrected chi connectivity index (χ4v) is 9.62. The molecule has 0 bridgehead atoms. The van der Waals surface area contributed by atoms with Crippen molar-refractivity contribution >= 4 is 33.3 Å². The van der Waals surface area contributed by atoms with Crippen molar-refractivity contribution in [2.75, 3.05) is 0 Å². The van der Waals surface area contributed by atoms with Gasteiger partial charge < -0.3 is 9.26 Å². The molecule has 4 nitrogen and oxygen atoms in total. The normalized spacial score (nSPS) is 23.5. The number of alkyl halides is 3. The highest BCUT2D eigenvalue weighted by atomic mass is 32.2. The SMILES string of the molecule is CCC1CC(C(C)Cc2c(-c3ccccc3OC(F)(F)F)noc2C2CC2)CC(C)C1Sc1nc2c(F)cc(C)cc2s1. The molecule has 2 fully saturated rings. The van der Waals surface area contributed by atoms with Crippen LogP contribution < -0.4 is 4.74 Å². The lowest BCUT2D eigenvalue weighted by atomic mass is 9.69. The monoisotopic (exact) mass is 632 g/mol. The molecule has 2 saturated carbocycles. The van der Waals surface area contributed by atoms with Crippen LogP contribution in [0, 0.1) is 36.4 Å². The molecule has 5 atom stereocenters. The van der Waals surface area contributed by atoms with Gasteiger partial charge in [0, 0.05) is 22.3 Å². The Balaban J connectivity index is 1.21. The molecule has 2 aromatic carbocycles. The zero-order valence-corrected chi connectivity index (χ0v) is 26.3. The van der Waals surface area contributed by atoms with E-state index in [2.05, 4.69) is 35.6 Å². The van der Waals surface area contributed by atoms with Gasteiger partial charge in [0.15, 0.2) is 10.2 Å². The van der Waals surface area contributed by atoms with Gasteiger partial charge in [0.2, 0.25) is 0 Å². The third-order valence-electron chi connectivity index (χ3n) is 9.11. The van der Waals surface area contributed by atoms with Crippen LogP contribution in [0.5, 0.6) is 5.75 Å². The first-order valence-corrected chi connectivity index (χ1v) is 16.8. The molecule has 2 aliphatic rings. The lowest BCUT2D eigenvalue weighted by molar-refractivity contribution is -0.274. The Morgan fingerprint density at radius 1 is 1.16 bits per heavy atom. The molecule has 10 heteroatoms. The third kappa shape index (κ3) is 6.60. The highest BCUT2D eigenvalue weighted by molar-refractivity contribution is 8.01. The zero-order valence-electron chi connectivity index (χ0n) is 24.7. The Bertz CT molecular complexity index is 1600. The minimum absolute atomic E-state index is 0.262. The van der Waals surface area contributed by atoms with Gasteiger partial charge in [-0.2, -0.15) is 0 Å². The molecule has 0 radical (unpaired) electrons. The molecule has 0 amide bonds. The Labute approximate surface area is 257 Å². The van der Waals surface area contributed by atoms with Crippen LogP contribution >= 0.6 is 23.1 Å². The first-order valence-electron chi connectivity index (χ1n) is 15.1. The van der Waals surface area contributed by atoms with Crippen molar-refractivity contribution < 1.29 is 26.8 Å². The number of ether oxygens (including phenoxy) is 1. The number of halogens is 4. The summed E-state index contributed by atoms with van der Waals surface area (Å²) in [6, 6.07) is 9.72. The number of hydrogen-bond acceptors (Lipinski definition) is 6. The van der Waals surface area contributed by atoms with E-state index in [1.807, 2.05) is 13.0 Å². The fraction of sp³-hybridized carbons (Fsp3) is 0.515. The number of benzene rings is 2. The maximum Gasteiger partial charge on any atom is 0.573 e. The fourth-order valence-electron chi connectivity index (χ4n) is 6.80. The van der Waals surface area contributed by atoms with Gasteiger partial charge in [-0.15, -0.1) is 24.5 Å². The molecule has 0 spiro atoms. The summed E-state index contributed by atoms with van der Waals surface area (Å²) in [5.74, 6) is 2.20. The van der Waals surface area contributed by atoms with Crippen LogP contribution in [0.2, 0.25) is 0 Å². The molecule has 6 rings (SSSR count). The van der Waals surface area contributed by atoms with E-state index in [1.54, 1.807) is 35.2 Å². The summed E-state index contributed by atoms with van der Waals surface area (Å²) in [5, 5.41) is 4.70. The molecule has 2 heterocycles. The van der Waals surface area contributed by atoms with E-state index in [4.69, 9.17) is 4.52 Å². The lowest BCUT2D eigenvalue weighted by Gasteiger charge is -2.42. The second kappa shape index (κ2) is 12.1. The van der Waals surface area contributed by atoms with Gasteiger partial charge in [-0.25, -0.2) is 9.37 Å². The van der Waals surface area contributed by atoms with Crippen LogP contribution in [0.25, 0.3) is 21.5 Å². The smallest absolute Gasteiger partial charge is 0.405 e. The second-order valence-electron chi connectivity index (χ2n) is 12.4. The summed E-state index contributed by atoms with van der Waals surface area (Å²) in [7, 11) is 0. The summed E-state index contributed by atoms with van der Waals surface area (Å²) in [6.45, 7) is 8.70. The lowest BCUT2D eigenvalue weighted by Crippen LogP contribution is -2.36. The topological polar surface area (TPSA) is 48.2 Å². The number of aromatic nitrogens is 2. The van der Waals surface area contributed by atoms with Crippen molar-refractivity contribution in [3.8, 4) is 17.0 Å². The molecule has 2 aromatic heterocycles. The molecule has 230 valence electrons. The van der Waals surface area contributed by atoms with Crippen molar-refractivity contribution in [2.45, 2.75) is 88.1 Å². The van der Waals surface area contributed by atoms with Gasteiger partial charge in [-0.3, -0.25) is 0 Å². The van der Waals surface area contributed by atoms with Crippen molar-refractivity contribution in [2.24, 2.45) is 23.7 Å². The summed E-state index contributed by atoms with van der Waals surface area (Å²) < 4.78 is 66.2. The van der Waals surface area contributed by atoms with Crippen LogP contribution in [-0.2, 0) is 6.42 Å². The average molecular weight is 633 g/mol. The number of thioether (sulfide) groups is 1. The number of aryl methyl sites for hydroxylation is 1. The van der Waals surface area contributed by atoms with Crippen LogP contribution in [0.15, 0.2) is 45.3 Å². The molecule has 0 aliphatic heterocycles. The first kappa shape index (κ1) is 30.4. The summed E-state index contributed by atoms with van der Waals surface area (Å²) in [5.41, 5.74) is 3.03. The summed E-state index contributed by atoms with van der Waals surface area (Å²) in [4.78, 5) is 4.66. The van der Waals surface area contributed by atoms with E-state index >= 15 is 0 Å². The summed E-state index contributed by atoms with van der Waals surface area (Å²) >= 11 is 3.37. The van der Waals surface area contributed by atoms with Gasteiger partial charge in [0.25, 0.3) is 0 Å². The highest BCUT2D eigenvalue weighted by Gasteiger charge is 2.40. The number of para-hydroxylation sites is 1. The Kier molecular flexibility index (Phi) is 8.54. The largest absolute Gasteiger partial charge is 0.573 e. The van der Waals surface area contributed by atoms with Crippen molar-refractivity contribution in [1.82, 2.24) is 10.1 Å². The number of thiazole rings is 1. The van der Waals surface area contributed by atoms with Crippen molar-refractivity contribution in [3.05, 3.63) is 59.1 Å². The van der Waals surface area contributed by atoms with E-state index in [9.17, 15) is 17.6 Å². The Hall–Kier alpha value is -2.59. The quantitative estimate of drug-likeness (QED) is 0.172. The van der Waals surface area contributed by atoms with E-state index in [0.29, 0.717) is 46.2 Å². The highest BCUT2D eigenvalue weighted by Crippen LogP contribution is 2.50. The van der Waals surface area contributed by atoms with Crippen LogP contribution in [0.1, 0.15) is 75.7 Å². The van der Waals surface area contributed by atoms with Gasteiger partial charge in [0.05, 0.1) is 4.70 Å². The van der Waals surface area contributed by atoms with E-state index in [0.717, 1.165) is 58.0 Å². The average Bonchev–Trinajstić information content (AvgIpc) is 3.58. The minimum Gasteiger partial charge on any atom is -0.405 e. The van der Waals surface area contributed by atoms with Gasteiger partial charge in [-0.1, -0.05) is 56.2 Å². The predicted octanol–water partition coefficient (Wildman–Crippen LogP) is 10.6. The minimum atomic E-state index is -4.80. The van der Waals surface area contributed by atoms with Crippen LogP contribution in [0.4, 0.5) is 17.6 Å². The molecule has 4 aromatic rings. The maximum absolute atomic E-state index is 14.5.